The van der Waals surface area contributed by atoms with Crippen LogP contribution in [0.15, 0.2) is 54.6 Å². The van der Waals surface area contributed by atoms with Crippen LogP contribution in [0.3, 0.4) is 0 Å². The van der Waals surface area contributed by atoms with Gasteiger partial charge in [-0.05, 0) is 18.2 Å². The van der Waals surface area contributed by atoms with Gasteiger partial charge in [-0.25, -0.2) is 0 Å². The lowest BCUT2D eigenvalue weighted by Crippen LogP contribution is -2.46. The minimum absolute atomic E-state index is 0.176. The van der Waals surface area contributed by atoms with E-state index in [1.807, 2.05) is 42.5 Å². The Morgan fingerprint density at radius 1 is 0.958 bits per heavy atom. The second-order valence-corrected chi connectivity index (χ2v) is 5.68. The van der Waals surface area contributed by atoms with Gasteiger partial charge in [-0.1, -0.05) is 42.2 Å². The third kappa shape index (κ3) is 3.92. The zero-order valence-electron chi connectivity index (χ0n) is 13.4. The van der Waals surface area contributed by atoms with Gasteiger partial charge in [0.25, 0.3) is 5.69 Å². The Bertz CT molecular complexity index is 757. The zero-order chi connectivity index (χ0) is 16.8. The molecule has 0 aromatic heterocycles. The summed E-state index contributed by atoms with van der Waals surface area (Å²) in [4.78, 5) is 15.2. The monoisotopic (exact) mass is 321 g/mol. The van der Waals surface area contributed by atoms with E-state index in [-0.39, 0.29) is 10.6 Å². The smallest absolute Gasteiger partial charge is 0.292 e. The summed E-state index contributed by atoms with van der Waals surface area (Å²) in [5.41, 5.74) is 1.91. The van der Waals surface area contributed by atoms with Crippen LogP contribution in [0.2, 0.25) is 0 Å². The van der Waals surface area contributed by atoms with Gasteiger partial charge in [0.05, 0.1) is 11.5 Å². The van der Waals surface area contributed by atoms with Crippen molar-refractivity contribution < 1.29 is 4.92 Å². The van der Waals surface area contributed by atoms with Crippen molar-refractivity contribution in [1.29, 1.82) is 0 Å². The Morgan fingerprint density at radius 3 is 2.33 bits per heavy atom. The third-order valence-corrected chi connectivity index (χ3v) is 4.10. The van der Waals surface area contributed by atoms with Gasteiger partial charge >= 0.3 is 0 Å². The average molecular weight is 321 g/mol. The SMILES string of the molecule is O=[N+]([O-])c1ccccc1N1CCN(CC#Cc2ccccc2)CC1. The quantitative estimate of drug-likeness (QED) is 0.495. The molecule has 0 N–H and O–H groups in total. The van der Waals surface area contributed by atoms with E-state index in [2.05, 4.69) is 21.6 Å². The highest BCUT2D eigenvalue weighted by atomic mass is 16.6. The van der Waals surface area contributed by atoms with Crippen molar-refractivity contribution in [2.75, 3.05) is 37.6 Å². The van der Waals surface area contributed by atoms with Crippen molar-refractivity contribution in [2.24, 2.45) is 0 Å². The Balaban J connectivity index is 1.57. The topological polar surface area (TPSA) is 49.6 Å². The Morgan fingerprint density at radius 2 is 1.62 bits per heavy atom. The molecule has 0 bridgehead atoms. The molecular weight excluding hydrogens is 302 g/mol. The van der Waals surface area contributed by atoms with Gasteiger partial charge in [-0.2, -0.15) is 0 Å². The molecule has 1 aliphatic heterocycles. The lowest BCUT2D eigenvalue weighted by molar-refractivity contribution is -0.384. The summed E-state index contributed by atoms with van der Waals surface area (Å²) in [7, 11) is 0. The van der Waals surface area contributed by atoms with E-state index in [0.29, 0.717) is 5.69 Å². The molecule has 122 valence electrons. The van der Waals surface area contributed by atoms with Crippen molar-refractivity contribution in [3.63, 3.8) is 0 Å². The summed E-state index contributed by atoms with van der Waals surface area (Å²) in [6.45, 7) is 3.99. The largest absolute Gasteiger partial charge is 0.363 e. The molecule has 24 heavy (non-hydrogen) atoms. The van der Waals surface area contributed by atoms with Crippen LogP contribution in [0.25, 0.3) is 0 Å². The second-order valence-electron chi connectivity index (χ2n) is 5.68. The molecule has 5 nitrogen and oxygen atoms in total. The van der Waals surface area contributed by atoms with Crippen LogP contribution >= 0.6 is 0 Å². The van der Waals surface area contributed by atoms with E-state index >= 15 is 0 Å². The van der Waals surface area contributed by atoms with Crippen molar-refractivity contribution in [1.82, 2.24) is 4.90 Å². The lowest BCUT2D eigenvalue weighted by Gasteiger charge is -2.34. The molecule has 2 aromatic carbocycles. The van der Waals surface area contributed by atoms with Crippen LogP contribution in [0.1, 0.15) is 5.56 Å². The maximum Gasteiger partial charge on any atom is 0.292 e. The van der Waals surface area contributed by atoms with E-state index < -0.39 is 0 Å². The van der Waals surface area contributed by atoms with Gasteiger partial charge in [0.15, 0.2) is 0 Å². The minimum atomic E-state index is -0.312. The number of nitro benzene ring substituents is 1. The molecule has 0 saturated carbocycles. The highest BCUT2D eigenvalue weighted by Crippen LogP contribution is 2.28. The number of para-hydroxylation sites is 2. The van der Waals surface area contributed by atoms with Gasteiger partial charge in [-0.15, -0.1) is 0 Å². The molecule has 3 rings (SSSR count). The van der Waals surface area contributed by atoms with E-state index in [9.17, 15) is 10.1 Å². The maximum absolute atomic E-state index is 11.2. The molecule has 0 amide bonds. The van der Waals surface area contributed by atoms with Crippen LogP contribution in [0.5, 0.6) is 0 Å². The number of benzene rings is 2. The molecule has 2 aromatic rings. The van der Waals surface area contributed by atoms with Gasteiger partial charge in [0, 0.05) is 37.8 Å². The van der Waals surface area contributed by atoms with E-state index in [0.717, 1.165) is 38.3 Å². The van der Waals surface area contributed by atoms with Gasteiger partial charge < -0.3 is 4.90 Å². The summed E-state index contributed by atoms with van der Waals surface area (Å²) < 4.78 is 0. The fraction of sp³-hybridized carbons (Fsp3) is 0.263. The molecule has 1 heterocycles. The highest BCUT2D eigenvalue weighted by Gasteiger charge is 2.22. The molecule has 0 spiro atoms. The number of piperazine rings is 1. The van der Waals surface area contributed by atoms with Crippen molar-refractivity contribution in [3.05, 3.63) is 70.3 Å². The van der Waals surface area contributed by atoms with E-state index in [1.165, 1.54) is 0 Å². The first-order chi connectivity index (χ1) is 11.7. The normalized spacial score (nSPS) is 14.8. The first-order valence-corrected chi connectivity index (χ1v) is 7.99. The van der Waals surface area contributed by atoms with Crippen LogP contribution in [0, 0.1) is 22.0 Å². The second kappa shape index (κ2) is 7.62. The number of nitro groups is 1. The van der Waals surface area contributed by atoms with Crippen molar-refractivity contribution in [3.8, 4) is 11.8 Å². The van der Waals surface area contributed by atoms with Gasteiger partial charge in [0.2, 0.25) is 0 Å². The van der Waals surface area contributed by atoms with Gasteiger partial charge in [-0.3, -0.25) is 15.0 Å². The number of nitrogens with zero attached hydrogens (tertiary/aromatic N) is 3. The molecule has 0 aliphatic carbocycles. The van der Waals surface area contributed by atoms with Crippen LogP contribution in [-0.4, -0.2) is 42.5 Å². The molecule has 1 fully saturated rings. The molecule has 0 atom stereocenters. The number of anilines is 1. The van der Waals surface area contributed by atoms with Crippen LogP contribution < -0.4 is 4.90 Å². The predicted molar refractivity (Wildman–Crippen MR) is 95.1 cm³/mol. The predicted octanol–water partition coefficient (Wildman–Crippen LogP) is 2.77. The Labute approximate surface area is 141 Å². The fourth-order valence-electron chi connectivity index (χ4n) is 2.81. The first-order valence-electron chi connectivity index (χ1n) is 7.99. The third-order valence-electron chi connectivity index (χ3n) is 4.10. The summed E-state index contributed by atoms with van der Waals surface area (Å²) >= 11 is 0. The molecular formula is C19H19N3O2. The zero-order valence-corrected chi connectivity index (χ0v) is 13.4. The molecule has 1 aliphatic rings. The average Bonchev–Trinajstić information content (AvgIpc) is 2.63. The molecule has 0 radical (unpaired) electrons. The standard InChI is InChI=1S/C19H19N3O2/c23-22(24)19-11-5-4-10-18(19)21-15-13-20(14-16-21)12-6-9-17-7-2-1-3-8-17/h1-5,7-8,10-11H,12-16H2. The van der Waals surface area contributed by atoms with Crippen LogP contribution in [0.4, 0.5) is 11.4 Å². The van der Waals surface area contributed by atoms with E-state index in [1.54, 1.807) is 12.1 Å². The first kappa shape index (κ1) is 16.0. The van der Waals surface area contributed by atoms with Gasteiger partial charge in [0.1, 0.15) is 5.69 Å². The lowest BCUT2D eigenvalue weighted by atomic mass is 10.2. The fourth-order valence-corrected chi connectivity index (χ4v) is 2.81. The van der Waals surface area contributed by atoms with Crippen molar-refractivity contribution in [2.45, 2.75) is 0 Å². The number of hydrogen-bond acceptors (Lipinski definition) is 4. The minimum Gasteiger partial charge on any atom is -0.363 e. The summed E-state index contributed by atoms with van der Waals surface area (Å²) in [6.07, 6.45) is 0. The summed E-state index contributed by atoms with van der Waals surface area (Å²) in [6, 6.07) is 16.9. The summed E-state index contributed by atoms with van der Waals surface area (Å²) in [5.74, 6) is 6.37. The summed E-state index contributed by atoms with van der Waals surface area (Å²) in [5, 5.41) is 11.2. The van der Waals surface area contributed by atoms with Crippen LogP contribution in [-0.2, 0) is 0 Å². The van der Waals surface area contributed by atoms with E-state index in [4.69, 9.17) is 0 Å². The van der Waals surface area contributed by atoms with Crippen molar-refractivity contribution >= 4 is 11.4 Å². The molecule has 5 heteroatoms. The molecule has 1 saturated heterocycles. The highest BCUT2D eigenvalue weighted by molar-refractivity contribution is 5.63. The number of hydrogen-bond donors (Lipinski definition) is 0. The molecule has 0 unspecified atom stereocenters. The number of rotatable bonds is 3. The Hall–Kier alpha value is -2.84. The Kier molecular flexibility index (Phi) is 5.09. The maximum atomic E-state index is 11.2.